The van der Waals surface area contributed by atoms with E-state index in [-0.39, 0.29) is 25.5 Å². The fraction of sp³-hybridized carbons (Fsp3) is 0.375. The summed E-state index contributed by atoms with van der Waals surface area (Å²) in [6.07, 6.45) is 0.976. The van der Waals surface area contributed by atoms with Gasteiger partial charge in [-0.05, 0) is 55.7 Å². The van der Waals surface area contributed by atoms with Crippen molar-refractivity contribution in [1.82, 2.24) is 0 Å². The Labute approximate surface area is 182 Å². The van der Waals surface area contributed by atoms with Gasteiger partial charge in [-0.2, -0.15) is 0 Å². The largest absolute Gasteiger partial charge is 0.494 e. The number of carbonyl (C=O) groups is 3. The van der Waals surface area contributed by atoms with Crippen LogP contribution in [0.4, 0.5) is 11.4 Å². The van der Waals surface area contributed by atoms with Gasteiger partial charge in [0.2, 0.25) is 5.91 Å². The molecule has 164 valence electrons. The van der Waals surface area contributed by atoms with E-state index in [4.69, 9.17) is 9.47 Å². The van der Waals surface area contributed by atoms with Gasteiger partial charge in [-0.1, -0.05) is 25.1 Å². The van der Waals surface area contributed by atoms with Crippen molar-refractivity contribution in [2.45, 2.75) is 33.6 Å². The van der Waals surface area contributed by atoms with Crippen molar-refractivity contribution in [1.29, 1.82) is 0 Å². The van der Waals surface area contributed by atoms with Crippen LogP contribution in [0.2, 0.25) is 0 Å². The van der Waals surface area contributed by atoms with Gasteiger partial charge in [-0.15, -0.1) is 0 Å². The first-order valence-electron chi connectivity index (χ1n) is 10.4. The molecule has 2 aromatic rings. The Morgan fingerprint density at radius 3 is 2.42 bits per heavy atom. The summed E-state index contributed by atoms with van der Waals surface area (Å²) in [6, 6.07) is 12.9. The summed E-state index contributed by atoms with van der Waals surface area (Å²) >= 11 is 0. The minimum absolute atomic E-state index is 0.0610. The van der Waals surface area contributed by atoms with Crippen LogP contribution in [0.5, 0.6) is 5.75 Å². The molecule has 0 bridgehead atoms. The number of para-hydroxylation sites is 1. The topological polar surface area (TPSA) is 84.9 Å². The minimum atomic E-state index is -0.600. The molecule has 2 aromatic carbocycles. The average Bonchev–Trinajstić information content (AvgIpc) is 3.15. The third kappa shape index (κ3) is 5.63. The lowest BCUT2D eigenvalue weighted by molar-refractivity contribution is -0.151. The lowest BCUT2D eigenvalue weighted by Gasteiger charge is -2.17. The molecule has 0 radical (unpaired) electrons. The number of esters is 1. The van der Waals surface area contributed by atoms with Gasteiger partial charge in [0.1, 0.15) is 5.75 Å². The summed E-state index contributed by atoms with van der Waals surface area (Å²) in [7, 11) is 0. The number of rotatable bonds is 8. The van der Waals surface area contributed by atoms with E-state index in [0.717, 1.165) is 29.0 Å². The molecule has 0 saturated carbocycles. The molecule has 2 amide bonds. The highest BCUT2D eigenvalue weighted by molar-refractivity contribution is 6.00. The summed E-state index contributed by atoms with van der Waals surface area (Å²) in [5.74, 6) is -0.964. The Morgan fingerprint density at radius 2 is 1.77 bits per heavy atom. The van der Waals surface area contributed by atoms with Crippen LogP contribution in [0.15, 0.2) is 42.5 Å². The van der Waals surface area contributed by atoms with E-state index in [9.17, 15) is 14.4 Å². The first-order chi connectivity index (χ1) is 14.9. The predicted octanol–water partition coefficient (Wildman–Crippen LogP) is 3.63. The molecular formula is C24H28N2O5. The molecule has 1 heterocycles. The first kappa shape index (κ1) is 22.3. The number of carbonyl (C=O) groups excluding carboxylic acids is 3. The Hall–Kier alpha value is -3.35. The lowest BCUT2D eigenvalue weighted by atomic mass is 10.1. The van der Waals surface area contributed by atoms with Gasteiger partial charge in [0.25, 0.3) is 5.91 Å². The van der Waals surface area contributed by atoms with Crippen LogP contribution in [-0.2, 0) is 19.1 Å². The fourth-order valence-electron chi connectivity index (χ4n) is 3.50. The lowest BCUT2D eigenvalue weighted by Crippen LogP contribution is -2.28. The zero-order valence-corrected chi connectivity index (χ0v) is 18.1. The van der Waals surface area contributed by atoms with Crippen molar-refractivity contribution in [3.05, 3.63) is 53.6 Å². The van der Waals surface area contributed by atoms with Gasteiger partial charge < -0.3 is 19.7 Å². The number of amides is 2. The summed E-state index contributed by atoms with van der Waals surface area (Å²) in [5, 5.41) is 2.78. The molecule has 1 atom stereocenters. The third-order valence-electron chi connectivity index (χ3n) is 5.17. The maximum atomic E-state index is 12.4. The molecule has 31 heavy (non-hydrogen) atoms. The maximum absolute atomic E-state index is 12.4. The Bertz CT molecular complexity index is 935. The predicted molar refractivity (Wildman–Crippen MR) is 118 cm³/mol. The molecule has 0 aromatic heterocycles. The summed E-state index contributed by atoms with van der Waals surface area (Å²) < 4.78 is 10.7. The second-order valence-electron chi connectivity index (χ2n) is 7.67. The van der Waals surface area contributed by atoms with Crippen LogP contribution in [0.1, 0.15) is 30.9 Å². The molecule has 7 heteroatoms. The number of anilines is 2. The van der Waals surface area contributed by atoms with Crippen LogP contribution < -0.4 is 15.0 Å². The fourth-order valence-corrected chi connectivity index (χ4v) is 3.50. The molecule has 1 saturated heterocycles. The molecule has 1 fully saturated rings. The van der Waals surface area contributed by atoms with Crippen LogP contribution in [-0.4, -0.2) is 37.5 Å². The number of nitrogens with one attached hydrogen (secondary N) is 1. The number of benzene rings is 2. The van der Waals surface area contributed by atoms with E-state index in [1.807, 2.05) is 51.1 Å². The normalized spacial score (nSPS) is 15.6. The van der Waals surface area contributed by atoms with Crippen molar-refractivity contribution < 1.29 is 23.9 Å². The van der Waals surface area contributed by atoms with E-state index < -0.39 is 17.8 Å². The molecule has 0 aliphatic carbocycles. The summed E-state index contributed by atoms with van der Waals surface area (Å²) in [6.45, 7) is 6.30. The average molecular weight is 424 g/mol. The van der Waals surface area contributed by atoms with Gasteiger partial charge in [0.05, 0.1) is 12.5 Å². The Kier molecular flexibility index (Phi) is 7.28. The number of hydrogen-bond acceptors (Lipinski definition) is 5. The Balaban J connectivity index is 1.52. The zero-order chi connectivity index (χ0) is 22.4. The molecule has 7 nitrogen and oxygen atoms in total. The van der Waals surface area contributed by atoms with Gasteiger partial charge >= 0.3 is 5.97 Å². The van der Waals surface area contributed by atoms with Gasteiger partial charge in [-0.3, -0.25) is 14.4 Å². The van der Waals surface area contributed by atoms with Gasteiger partial charge in [0, 0.05) is 24.3 Å². The SMILES string of the molecule is CCCOc1ccc(N2C[C@@H](C(=O)OCC(=O)Nc3c(C)cccc3C)CC2=O)cc1. The number of nitrogens with zero attached hydrogens (tertiary/aromatic N) is 1. The second-order valence-corrected chi connectivity index (χ2v) is 7.67. The molecule has 1 aliphatic heterocycles. The second kappa shape index (κ2) is 10.1. The molecule has 1 N–H and O–H groups in total. The standard InChI is InChI=1S/C24H28N2O5/c1-4-12-30-20-10-8-19(9-11-20)26-14-18(13-22(26)28)24(29)31-15-21(27)25-23-16(2)6-5-7-17(23)3/h5-11,18H,4,12-15H2,1-3H3,(H,25,27)/t18-/m0/s1. The smallest absolute Gasteiger partial charge is 0.311 e. The van der Waals surface area contributed by atoms with E-state index in [2.05, 4.69) is 5.32 Å². The molecular weight excluding hydrogens is 396 g/mol. The van der Waals surface area contributed by atoms with E-state index in [1.54, 1.807) is 17.0 Å². The van der Waals surface area contributed by atoms with Crippen LogP contribution in [0, 0.1) is 19.8 Å². The minimum Gasteiger partial charge on any atom is -0.494 e. The maximum Gasteiger partial charge on any atom is 0.311 e. The van der Waals surface area contributed by atoms with Crippen molar-refractivity contribution in [2.24, 2.45) is 5.92 Å². The number of ether oxygens (including phenoxy) is 2. The first-order valence-corrected chi connectivity index (χ1v) is 10.4. The molecule has 0 unspecified atom stereocenters. The van der Waals surface area contributed by atoms with Crippen LogP contribution in [0.25, 0.3) is 0 Å². The van der Waals surface area contributed by atoms with Crippen molar-refractivity contribution >= 4 is 29.2 Å². The third-order valence-corrected chi connectivity index (χ3v) is 5.17. The monoisotopic (exact) mass is 424 g/mol. The highest BCUT2D eigenvalue weighted by Crippen LogP contribution is 2.27. The van der Waals surface area contributed by atoms with E-state index >= 15 is 0 Å². The summed E-state index contributed by atoms with van der Waals surface area (Å²) in [4.78, 5) is 38.6. The summed E-state index contributed by atoms with van der Waals surface area (Å²) in [5.41, 5.74) is 3.29. The highest BCUT2D eigenvalue weighted by atomic mass is 16.5. The van der Waals surface area contributed by atoms with Crippen LogP contribution in [0.3, 0.4) is 0 Å². The molecule has 1 aliphatic rings. The Morgan fingerprint density at radius 1 is 1.10 bits per heavy atom. The van der Waals surface area contributed by atoms with Crippen LogP contribution >= 0.6 is 0 Å². The highest BCUT2D eigenvalue weighted by Gasteiger charge is 2.36. The molecule has 0 spiro atoms. The van der Waals surface area contributed by atoms with Crippen molar-refractivity contribution in [3.63, 3.8) is 0 Å². The van der Waals surface area contributed by atoms with Crippen molar-refractivity contribution in [2.75, 3.05) is 30.0 Å². The number of hydrogen-bond donors (Lipinski definition) is 1. The molecule has 3 rings (SSSR count). The quantitative estimate of drug-likeness (QED) is 0.654. The zero-order valence-electron chi connectivity index (χ0n) is 18.1. The van der Waals surface area contributed by atoms with E-state index in [0.29, 0.717) is 12.3 Å². The van der Waals surface area contributed by atoms with Gasteiger partial charge in [-0.25, -0.2) is 0 Å². The van der Waals surface area contributed by atoms with E-state index in [1.165, 1.54) is 0 Å². The van der Waals surface area contributed by atoms with Crippen molar-refractivity contribution in [3.8, 4) is 5.75 Å². The van der Waals surface area contributed by atoms with Gasteiger partial charge in [0.15, 0.2) is 6.61 Å². The number of aryl methyl sites for hydroxylation is 2.